The molecule has 6 nitrogen and oxygen atoms in total. The van der Waals surface area contributed by atoms with Crippen LogP contribution in [-0.4, -0.2) is 45.7 Å². The molecular weight excluding hydrogens is 430 g/mol. The lowest BCUT2D eigenvalue weighted by Crippen LogP contribution is -2.32. The number of aliphatic hydroxyl groups excluding tert-OH is 1. The highest BCUT2D eigenvalue weighted by Crippen LogP contribution is 2.22. The van der Waals surface area contributed by atoms with Gasteiger partial charge in [0.15, 0.2) is 0 Å². The number of amides is 1. The van der Waals surface area contributed by atoms with Gasteiger partial charge in [-0.2, -0.15) is 0 Å². The smallest absolute Gasteiger partial charge is 0.303 e. The van der Waals surface area contributed by atoms with Crippen LogP contribution in [0.2, 0.25) is 0 Å². The first-order valence-electron chi connectivity index (χ1n) is 12.1. The number of rotatable bonds is 14. The second-order valence-electron chi connectivity index (χ2n) is 8.83. The van der Waals surface area contributed by atoms with Crippen molar-refractivity contribution >= 4 is 11.9 Å². The molecule has 1 aliphatic rings. The molecule has 0 bridgehead atoms. The van der Waals surface area contributed by atoms with Crippen molar-refractivity contribution in [1.82, 2.24) is 4.90 Å². The van der Waals surface area contributed by atoms with Gasteiger partial charge in [-0.1, -0.05) is 67.5 Å². The Kier molecular flexibility index (Phi) is 10.2. The van der Waals surface area contributed by atoms with Gasteiger partial charge in [0.25, 0.3) is 0 Å². The van der Waals surface area contributed by atoms with Gasteiger partial charge in [-0.25, -0.2) is 0 Å². The van der Waals surface area contributed by atoms with Crippen molar-refractivity contribution in [1.29, 1.82) is 0 Å². The molecule has 0 radical (unpaired) electrons. The van der Waals surface area contributed by atoms with Crippen molar-refractivity contribution in [2.75, 3.05) is 6.54 Å². The van der Waals surface area contributed by atoms with Crippen molar-refractivity contribution in [3.05, 3.63) is 77.9 Å². The van der Waals surface area contributed by atoms with Gasteiger partial charge in [-0.05, 0) is 42.5 Å². The average molecular weight is 466 g/mol. The summed E-state index contributed by atoms with van der Waals surface area (Å²) in [6.07, 6.45) is 8.41. The third kappa shape index (κ3) is 8.67. The summed E-state index contributed by atoms with van der Waals surface area (Å²) in [5.74, 6) is 0.163. The van der Waals surface area contributed by atoms with Gasteiger partial charge in [-0.3, -0.25) is 9.59 Å². The van der Waals surface area contributed by atoms with Crippen LogP contribution in [0, 0.1) is 0 Å². The lowest BCUT2D eigenvalue weighted by molar-refractivity contribution is -0.137. The van der Waals surface area contributed by atoms with E-state index < -0.39 is 12.1 Å². The highest BCUT2D eigenvalue weighted by Gasteiger charge is 2.28. The van der Waals surface area contributed by atoms with Crippen LogP contribution in [0.5, 0.6) is 5.75 Å². The summed E-state index contributed by atoms with van der Waals surface area (Å²) in [7, 11) is 0. The SMILES string of the molecule is O=C(O)CCCCCCN1C(=O)CC[C@@H]1/C=C/[C@@H](O)Cc1cccc(OCc2ccccc2)c1. The van der Waals surface area contributed by atoms with Gasteiger partial charge < -0.3 is 19.8 Å². The van der Waals surface area contributed by atoms with Crippen LogP contribution in [0.25, 0.3) is 0 Å². The number of nitrogens with zero attached hydrogens (tertiary/aromatic N) is 1. The van der Waals surface area contributed by atoms with E-state index in [2.05, 4.69) is 0 Å². The molecular formula is C28H35NO5. The van der Waals surface area contributed by atoms with Crippen molar-refractivity contribution in [3.63, 3.8) is 0 Å². The predicted octanol–water partition coefficient (Wildman–Crippen LogP) is 4.75. The maximum atomic E-state index is 12.3. The number of aliphatic hydroxyl groups is 1. The number of likely N-dealkylation sites (tertiary alicyclic amines) is 1. The maximum absolute atomic E-state index is 12.3. The van der Waals surface area contributed by atoms with E-state index in [1.807, 2.05) is 65.6 Å². The summed E-state index contributed by atoms with van der Waals surface area (Å²) >= 11 is 0. The Morgan fingerprint density at radius 3 is 2.62 bits per heavy atom. The van der Waals surface area contributed by atoms with Gasteiger partial charge >= 0.3 is 5.97 Å². The summed E-state index contributed by atoms with van der Waals surface area (Å²) < 4.78 is 5.88. The minimum Gasteiger partial charge on any atom is -0.489 e. The van der Waals surface area contributed by atoms with Crippen LogP contribution in [0.15, 0.2) is 66.7 Å². The number of aliphatic carboxylic acids is 1. The monoisotopic (exact) mass is 465 g/mol. The zero-order valence-corrected chi connectivity index (χ0v) is 19.6. The van der Waals surface area contributed by atoms with Crippen LogP contribution >= 0.6 is 0 Å². The zero-order chi connectivity index (χ0) is 24.2. The topological polar surface area (TPSA) is 87.1 Å². The Balaban J connectivity index is 1.44. The zero-order valence-electron chi connectivity index (χ0n) is 19.6. The molecule has 6 heteroatoms. The van der Waals surface area contributed by atoms with E-state index in [0.717, 1.165) is 42.6 Å². The Morgan fingerprint density at radius 1 is 1.06 bits per heavy atom. The van der Waals surface area contributed by atoms with Gasteiger partial charge in [0.05, 0.1) is 12.1 Å². The van der Waals surface area contributed by atoms with Gasteiger partial charge in [0, 0.05) is 25.8 Å². The summed E-state index contributed by atoms with van der Waals surface area (Å²) in [5.41, 5.74) is 2.09. The molecule has 0 aliphatic carbocycles. The van der Waals surface area contributed by atoms with Crippen molar-refractivity contribution < 1.29 is 24.5 Å². The van der Waals surface area contributed by atoms with Crippen LogP contribution in [-0.2, 0) is 22.6 Å². The average Bonchev–Trinajstić information content (AvgIpc) is 3.18. The number of carboxylic acid groups (broad SMARTS) is 1. The quantitative estimate of drug-likeness (QED) is 0.311. The molecule has 2 atom stereocenters. The molecule has 0 unspecified atom stereocenters. The van der Waals surface area contributed by atoms with Crippen molar-refractivity contribution in [2.24, 2.45) is 0 Å². The molecule has 34 heavy (non-hydrogen) atoms. The number of hydrogen-bond acceptors (Lipinski definition) is 4. The molecule has 2 aromatic rings. The second kappa shape index (κ2) is 13.6. The molecule has 1 fully saturated rings. The number of carbonyl (C=O) groups excluding carboxylic acids is 1. The number of benzene rings is 2. The minimum absolute atomic E-state index is 0.0155. The molecule has 3 rings (SSSR count). The lowest BCUT2D eigenvalue weighted by Gasteiger charge is -2.22. The third-order valence-corrected chi connectivity index (χ3v) is 6.06. The lowest BCUT2D eigenvalue weighted by atomic mass is 10.1. The fraction of sp³-hybridized carbons (Fsp3) is 0.429. The second-order valence-corrected chi connectivity index (χ2v) is 8.83. The summed E-state index contributed by atoms with van der Waals surface area (Å²) in [5, 5.41) is 19.3. The van der Waals surface area contributed by atoms with E-state index in [-0.39, 0.29) is 18.4 Å². The van der Waals surface area contributed by atoms with Crippen LogP contribution < -0.4 is 4.74 Å². The van der Waals surface area contributed by atoms with E-state index >= 15 is 0 Å². The largest absolute Gasteiger partial charge is 0.489 e. The van der Waals surface area contributed by atoms with E-state index in [9.17, 15) is 14.7 Å². The number of carboxylic acids is 1. The molecule has 1 aliphatic heterocycles. The standard InChI is InChI=1S/C28H35NO5/c30-25(19-23-11-8-12-26(20-23)34-21-22-9-4-3-5-10-22)16-14-24-15-17-27(31)29(24)18-7-2-1-6-13-28(32)33/h3-5,8-12,14,16,20,24-25,30H,1-2,6-7,13,15,17-19,21H2,(H,32,33)/b16-14+/t24-,25+/m0/s1. The first kappa shape index (κ1) is 25.5. The Bertz CT molecular complexity index is 943. The first-order chi connectivity index (χ1) is 16.5. The Labute approximate surface area is 201 Å². The molecule has 182 valence electrons. The molecule has 0 saturated carbocycles. The first-order valence-corrected chi connectivity index (χ1v) is 12.1. The van der Waals surface area contributed by atoms with Crippen LogP contribution in [0.1, 0.15) is 56.1 Å². The van der Waals surface area contributed by atoms with Gasteiger partial charge in [0.1, 0.15) is 12.4 Å². The highest BCUT2D eigenvalue weighted by atomic mass is 16.5. The number of ether oxygens (including phenoxy) is 1. The fourth-order valence-corrected chi connectivity index (χ4v) is 4.23. The van der Waals surface area contributed by atoms with Gasteiger partial charge in [0.2, 0.25) is 5.91 Å². The van der Waals surface area contributed by atoms with Crippen molar-refractivity contribution in [2.45, 2.75) is 70.1 Å². The van der Waals surface area contributed by atoms with Crippen LogP contribution in [0.3, 0.4) is 0 Å². The fourth-order valence-electron chi connectivity index (χ4n) is 4.23. The summed E-state index contributed by atoms with van der Waals surface area (Å²) in [4.78, 5) is 24.7. The number of hydrogen-bond donors (Lipinski definition) is 2. The van der Waals surface area contributed by atoms with Crippen molar-refractivity contribution in [3.8, 4) is 5.75 Å². The van der Waals surface area contributed by atoms with E-state index in [1.165, 1.54) is 0 Å². The van der Waals surface area contributed by atoms with Crippen LogP contribution in [0.4, 0.5) is 0 Å². The predicted molar refractivity (Wildman–Crippen MR) is 132 cm³/mol. The molecule has 2 aromatic carbocycles. The highest BCUT2D eigenvalue weighted by molar-refractivity contribution is 5.79. The van der Waals surface area contributed by atoms with E-state index in [1.54, 1.807) is 6.08 Å². The molecule has 1 heterocycles. The molecule has 1 saturated heterocycles. The third-order valence-electron chi connectivity index (χ3n) is 6.06. The molecule has 1 amide bonds. The normalized spacial score (nSPS) is 16.8. The maximum Gasteiger partial charge on any atom is 0.303 e. The minimum atomic E-state index is -0.759. The van der Waals surface area contributed by atoms with Gasteiger partial charge in [-0.15, -0.1) is 0 Å². The number of carbonyl (C=O) groups is 2. The molecule has 0 aromatic heterocycles. The van der Waals surface area contributed by atoms with E-state index in [0.29, 0.717) is 32.4 Å². The molecule has 2 N–H and O–H groups in total. The Hall–Kier alpha value is -3.12. The summed E-state index contributed by atoms with van der Waals surface area (Å²) in [6, 6.07) is 17.8. The Morgan fingerprint density at radius 2 is 1.82 bits per heavy atom. The van der Waals surface area contributed by atoms with E-state index in [4.69, 9.17) is 9.84 Å². The summed E-state index contributed by atoms with van der Waals surface area (Å²) in [6.45, 7) is 1.18. The molecule has 0 spiro atoms. The number of unbranched alkanes of at least 4 members (excludes halogenated alkanes) is 3.